The highest BCUT2D eigenvalue weighted by atomic mass is 15.3. The van der Waals surface area contributed by atoms with E-state index >= 15 is 0 Å². The monoisotopic (exact) mass is 184 g/mol. The third-order valence-corrected chi connectivity index (χ3v) is 3.30. The lowest BCUT2D eigenvalue weighted by Crippen LogP contribution is -2.62. The number of nitrogens with two attached hydrogens (primary N) is 1. The summed E-state index contributed by atoms with van der Waals surface area (Å²) in [7, 11) is 0. The van der Waals surface area contributed by atoms with E-state index in [2.05, 4.69) is 39.5 Å². The number of rotatable bonds is 1. The van der Waals surface area contributed by atoms with E-state index in [1.54, 1.807) is 0 Å². The van der Waals surface area contributed by atoms with E-state index in [-0.39, 0.29) is 11.1 Å². The normalized spacial score (nSPS) is 29.1. The number of hydrogen-bond donors (Lipinski definition) is 1. The van der Waals surface area contributed by atoms with Gasteiger partial charge in [0.25, 0.3) is 0 Å². The van der Waals surface area contributed by atoms with E-state index < -0.39 is 0 Å². The SMILES string of the molecule is CCN1C(C)(C)CC(N)CC1(C)C. The van der Waals surface area contributed by atoms with Crippen molar-refractivity contribution in [2.75, 3.05) is 6.54 Å². The Morgan fingerprint density at radius 2 is 1.54 bits per heavy atom. The molecule has 2 N–H and O–H groups in total. The van der Waals surface area contributed by atoms with Gasteiger partial charge in [-0.3, -0.25) is 4.90 Å². The number of piperidine rings is 1. The van der Waals surface area contributed by atoms with Gasteiger partial charge in [0, 0.05) is 17.1 Å². The average Bonchev–Trinajstić information content (AvgIpc) is 1.79. The molecule has 1 aliphatic rings. The van der Waals surface area contributed by atoms with Gasteiger partial charge in [0.1, 0.15) is 0 Å². The predicted molar refractivity (Wildman–Crippen MR) is 57.7 cm³/mol. The van der Waals surface area contributed by atoms with Crippen LogP contribution < -0.4 is 5.73 Å². The summed E-state index contributed by atoms with van der Waals surface area (Å²) in [6.45, 7) is 12.6. The van der Waals surface area contributed by atoms with Crippen LogP contribution in [0.5, 0.6) is 0 Å². The summed E-state index contributed by atoms with van der Waals surface area (Å²) in [5.74, 6) is 0. The maximum absolute atomic E-state index is 6.08. The van der Waals surface area contributed by atoms with Crippen molar-refractivity contribution in [2.24, 2.45) is 5.73 Å². The molecule has 0 aromatic rings. The van der Waals surface area contributed by atoms with Gasteiger partial charge in [0.15, 0.2) is 0 Å². The van der Waals surface area contributed by atoms with Crippen molar-refractivity contribution in [1.82, 2.24) is 4.90 Å². The van der Waals surface area contributed by atoms with Gasteiger partial charge < -0.3 is 5.73 Å². The quantitative estimate of drug-likeness (QED) is 0.675. The standard InChI is InChI=1S/C11H24N2/c1-6-13-10(2,3)7-9(12)8-11(13,4)5/h9H,6-8,12H2,1-5H3. The smallest absolute Gasteiger partial charge is 0.0173 e. The van der Waals surface area contributed by atoms with E-state index in [1.165, 1.54) is 0 Å². The minimum atomic E-state index is 0.260. The van der Waals surface area contributed by atoms with Gasteiger partial charge in [-0.05, 0) is 47.1 Å². The molecule has 0 aromatic carbocycles. The Kier molecular flexibility index (Phi) is 2.75. The lowest BCUT2D eigenvalue weighted by atomic mass is 9.77. The van der Waals surface area contributed by atoms with Crippen LogP contribution in [-0.2, 0) is 0 Å². The van der Waals surface area contributed by atoms with Crippen molar-refractivity contribution < 1.29 is 0 Å². The third kappa shape index (κ3) is 2.05. The summed E-state index contributed by atoms with van der Waals surface area (Å²) < 4.78 is 0. The van der Waals surface area contributed by atoms with Gasteiger partial charge in [0.2, 0.25) is 0 Å². The predicted octanol–water partition coefficient (Wildman–Crippen LogP) is 1.99. The summed E-state index contributed by atoms with van der Waals surface area (Å²) in [5.41, 5.74) is 6.60. The summed E-state index contributed by atoms with van der Waals surface area (Å²) in [4.78, 5) is 2.57. The van der Waals surface area contributed by atoms with Crippen molar-refractivity contribution in [3.63, 3.8) is 0 Å². The van der Waals surface area contributed by atoms with E-state index in [0.717, 1.165) is 19.4 Å². The topological polar surface area (TPSA) is 29.3 Å². The fourth-order valence-electron chi connectivity index (χ4n) is 3.25. The molecular formula is C11H24N2. The van der Waals surface area contributed by atoms with Crippen LogP contribution in [0.25, 0.3) is 0 Å². The lowest BCUT2D eigenvalue weighted by molar-refractivity contribution is -0.0300. The van der Waals surface area contributed by atoms with Gasteiger partial charge in [-0.25, -0.2) is 0 Å². The van der Waals surface area contributed by atoms with E-state index in [9.17, 15) is 0 Å². The maximum Gasteiger partial charge on any atom is 0.0173 e. The first-order valence-electron chi connectivity index (χ1n) is 5.33. The summed E-state index contributed by atoms with van der Waals surface area (Å²) in [6.07, 6.45) is 2.23. The van der Waals surface area contributed by atoms with Crippen molar-refractivity contribution in [2.45, 2.75) is 64.6 Å². The lowest BCUT2D eigenvalue weighted by Gasteiger charge is -2.54. The Bertz CT molecular complexity index is 167. The van der Waals surface area contributed by atoms with Crippen molar-refractivity contribution in [1.29, 1.82) is 0 Å². The zero-order valence-corrected chi connectivity index (χ0v) is 9.72. The summed E-state index contributed by atoms with van der Waals surface area (Å²) >= 11 is 0. The highest BCUT2D eigenvalue weighted by Gasteiger charge is 2.42. The minimum Gasteiger partial charge on any atom is -0.328 e. The molecule has 1 saturated heterocycles. The highest BCUT2D eigenvalue weighted by Crippen LogP contribution is 2.37. The van der Waals surface area contributed by atoms with Crippen LogP contribution in [-0.4, -0.2) is 28.6 Å². The van der Waals surface area contributed by atoms with Crippen molar-refractivity contribution >= 4 is 0 Å². The molecule has 0 atom stereocenters. The van der Waals surface area contributed by atoms with Gasteiger partial charge in [-0.15, -0.1) is 0 Å². The molecule has 78 valence electrons. The third-order valence-electron chi connectivity index (χ3n) is 3.30. The molecule has 13 heavy (non-hydrogen) atoms. The van der Waals surface area contributed by atoms with E-state index in [4.69, 9.17) is 5.73 Å². The molecule has 0 aromatic heterocycles. The van der Waals surface area contributed by atoms with Crippen LogP contribution in [0.2, 0.25) is 0 Å². The zero-order valence-electron chi connectivity index (χ0n) is 9.72. The second-order valence-corrected chi connectivity index (χ2v) is 5.54. The summed E-state index contributed by atoms with van der Waals surface area (Å²) in [6, 6.07) is 0.368. The van der Waals surface area contributed by atoms with Gasteiger partial charge in [-0.2, -0.15) is 0 Å². The van der Waals surface area contributed by atoms with E-state index in [1.807, 2.05) is 0 Å². The molecule has 1 heterocycles. The highest BCUT2D eigenvalue weighted by molar-refractivity contribution is 5.00. The first kappa shape index (κ1) is 11.0. The molecular weight excluding hydrogens is 160 g/mol. The van der Waals surface area contributed by atoms with Crippen LogP contribution in [0.3, 0.4) is 0 Å². The Morgan fingerprint density at radius 3 is 1.85 bits per heavy atom. The molecule has 2 heteroatoms. The Balaban J connectivity index is 2.88. The number of hydrogen-bond acceptors (Lipinski definition) is 2. The van der Waals surface area contributed by atoms with Crippen LogP contribution in [0.4, 0.5) is 0 Å². The fourth-order valence-corrected chi connectivity index (χ4v) is 3.25. The molecule has 0 bridgehead atoms. The second kappa shape index (κ2) is 3.25. The van der Waals surface area contributed by atoms with Gasteiger partial charge >= 0.3 is 0 Å². The molecule has 1 fully saturated rings. The number of likely N-dealkylation sites (tertiary alicyclic amines) is 1. The largest absolute Gasteiger partial charge is 0.328 e. The molecule has 0 aliphatic carbocycles. The minimum absolute atomic E-state index is 0.260. The van der Waals surface area contributed by atoms with Crippen LogP contribution in [0.1, 0.15) is 47.5 Å². The molecule has 0 unspecified atom stereocenters. The molecule has 1 rings (SSSR count). The van der Waals surface area contributed by atoms with Gasteiger partial charge in [0.05, 0.1) is 0 Å². The second-order valence-electron chi connectivity index (χ2n) is 5.54. The summed E-state index contributed by atoms with van der Waals surface area (Å²) in [5, 5.41) is 0. The zero-order chi connectivity index (χ0) is 10.3. The molecule has 0 radical (unpaired) electrons. The molecule has 1 aliphatic heterocycles. The van der Waals surface area contributed by atoms with Crippen LogP contribution in [0, 0.1) is 0 Å². The fraction of sp³-hybridized carbons (Fsp3) is 1.00. The molecule has 0 amide bonds. The first-order chi connectivity index (χ1) is 5.79. The first-order valence-corrected chi connectivity index (χ1v) is 5.33. The molecule has 0 saturated carbocycles. The molecule has 0 spiro atoms. The van der Waals surface area contributed by atoms with Crippen LogP contribution in [0.15, 0.2) is 0 Å². The Labute approximate surface area is 82.5 Å². The van der Waals surface area contributed by atoms with E-state index in [0.29, 0.717) is 6.04 Å². The van der Waals surface area contributed by atoms with Crippen molar-refractivity contribution in [3.8, 4) is 0 Å². The molecule has 2 nitrogen and oxygen atoms in total. The maximum atomic E-state index is 6.08. The Morgan fingerprint density at radius 1 is 1.15 bits per heavy atom. The average molecular weight is 184 g/mol. The van der Waals surface area contributed by atoms with Crippen LogP contribution >= 0.6 is 0 Å². The van der Waals surface area contributed by atoms with Crippen molar-refractivity contribution in [3.05, 3.63) is 0 Å². The van der Waals surface area contributed by atoms with Gasteiger partial charge in [-0.1, -0.05) is 6.92 Å². The number of nitrogens with zero attached hydrogens (tertiary/aromatic N) is 1. The Hall–Kier alpha value is -0.0800.